The van der Waals surface area contributed by atoms with Crippen molar-refractivity contribution < 1.29 is 0 Å². The summed E-state index contributed by atoms with van der Waals surface area (Å²) in [6.45, 7) is 4.19. The van der Waals surface area contributed by atoms with Crippen LogP contribution in [0.2, 0.25) is 0 Å². The third-order valence-electron chi connectivity index (χ3n) is 1.22. The lowest BCUT2D eigenvalue weighted by Crippen LogP contribution is -1.70. The van der Waals surface area contributed by atoms with Crippen molar-refractivity contribution in [2.75, 3.05) is 0 Å². The molecule has 0 radical (unpaired) electrons. The standard InChI is InChI=1S/C8H10.H2S2/c1-7-3-5-8(2)6-4-7;1-2/h3-6H,1-2H3;1-2H. The predicted octanol–water partition coefficient (Wildman–Crippen LogP) is 3.06. The van der Waals surface area contributed by atoms with E-state index in [2.05, 4.69) is 61.4 Å². The Morgan fingerprint density at radius 3 is 1.20 bits per heavy atom. The highest BCUT2D eigenvalue weighted by molar-refractivity contribution is 8.59. The van der Waals surface area contributed by atoms with Crippen molar-refractivity contribution >= 4 is 23.3 Å². The number of hydrogen-bond donors (Lipinski definition) is 2. The van der Waals surface area contributed by atoms with Gasteiger partial charge in [-0.05, 0) is 13.8 Å². The van der Waals surface area contributed by atoms with Crippen LogP contribution in [-0.2, 0) is 0 Å². The fourth-order valence-electron chi connectivity index (χ4n) is 0.637. The molecule has 56 valence electrons. The van der Waals surface area contributed by atoms with Gasteiger partial charge in [0.25, 0.3) is 0 Å². The van der Waals surface area contributed by atoms with Crippen LogP contribution in [0.15, 0.2) is 24.3 Å². The average Bonchev–Trinajstić information content (AvgIpc) is 2.00. The minimum Gasteiger partial charge on any atom is -0.115 e. The summed E-state index contributed by atoms with van der Waals surface area (Å²) in [5.74, 6) is 0. The van der Waals surface area contributed by atoms with Crippen molar-refractivity contribution in [1.29, 1.82) is 0 Å². The number of rotatable bonds is 0. The number of benzene rings is 1. The molecule has 1 rings (SSSR count). The zero-order valence-electron chi connectivity index (χ0n) is 6.20. The smallest absolute Gasteiger partial charge is 0.0398 e. The molecule has 0 amide bonds. The Bertz CT molecular complexity index is 146. The molecule has 10 heavy (non-hydrogen) atoms. The summed E-state index contributed by atoms with van der Waals surface area (Å²) in [6, 6.07) is 8.48. The van der Waals surface area contributed by atoms with Crippen LogP contribution in [0.4, 0.5) is 0 Å². The highest BCUT2D eigenvalue weighted by Gasteiger charge is 1.79. The largest absolute Gasteiger partial charge is 0.115 e. The first-order chi connectivity index (χ1) is 4.79. The minimum absolute atomic E-state index is 1.33. The Morgan fingerprint density at radius 2 is 1.00 bits per heavy atom. The molecule has 0 aromatic heterocycles. The zero-order chi connectivity index (χ0) is 7.98. The van der Waals surface area contributed by atoms with E-state index in [-0.39, 0.29) is 0 Å². The van der Waals surface area contributed by atoms with Crippen LogP contribution >= 0.6 is 23.3 Å². The maximum atomic E-state index is 3.22. The van der Waals surface area contributed by atoms with Crippen LogP contribution in [-0.4, -0.2) is 0 Å². The minimum atomic E-state index is 1.33. The number of thiol groups is 2. The maximum absolute atomic E-state index is 3.22. The van der Waals surface area contributed by atoms with Gasteiger partial charge in [0.2, 0.25) is 0 Å². The van der Waals surface area contributed by atoms with Crippen molar-refractivity contribution in [3.8, 4) is 0 Å². The Morgan fingerprint density at radius 1 is 0.800 bits per heavy atom. The van der Waals surface area contributed by atoms with E-state index in [4.69, 9.17) is 0 Å². The van der Waals surface area contributed by atoms with Gasteiger partial charge in [0.05, 0.1) is 0 Å². The molecule has 0 unspecified atom stereocenters. The molecule has 2 heteroatoms. The summed E-state index contributed by atoms with van der Waals surface area (Å²) < 4.78 is 0. The van der Waals surface area contributed by atoms with Gasteiger partial charge in [-0.1, -0.05) is 35.4 Å². The first kappa shape index (κ1) is 9.92. The molecule has 0 aliphatic carbocycles. The van der Waals surface area contributed by atoms with E-state index in [0.717, 1.165) is 0 Å². The summed E-state index contributed by atoms with van der Waals surface area (Å²) in [4.78, 5) is 0. The molecule has 0 bridgehead atoms. The maximum Gasteiger partial charge on any atom is -0.0398 e. The van der Waals surface area contributed by atoms with Crippen LogP contribution in [0.1, 0.15) is 11.1 Å². The molecule has 0 heterocycles. The molecule has 0 nitrogen and oxygen atoms in total. The Balaban J connectivity index is 0.000000371. The third-order valence-corrected chi connectivity index (χ3v) is 1.22. The molecule has 0 N–H and O–H groups in total. The second-order valence-electron chi connectivity index (χ2n) is 2.15. The van der Waals surface area contributed by atoms with Crippen molar-refractivity contribution in [1.82, 2.24) is 0 Å². The van der Waals surface area contributed by atoms with E-state index in [1.165, 1.54) is 11.1 Å². The monoisotopic (exact) mass is 172 g/mol. The van der Waals surface area contributed by atoms with Crippen molar-refractivity contribution in [2.24, 2.45) is 0 Å². The van der Waals surface area contributed by atoms with E-state index in [0.29, 0.717) is 0 Å². The second-order valence-corrected chi connectivity index (χ2v) is 2.15. The summed E-state index contributed by atoms with van der Waals surface area (Å²) in [6.07, 6.45) is 0. The van der Waals surface area contributed by atoms with Crippen molar-refractivity contribution in [3.05, 3.63) is 35.4 Å². The van der Waals surface area contributed by atoms with Crippen LogP contribution in [0.25, 0.3) is 0 Å². The Labute approximate surface area is 72.9 Å². The number of hydrogen-bond acceptors (Lipinski definition) is 2. The van der Waals surface area contributed by atoms with E-state index < -0.39 is 0 Å². The molecular weight excluding hydrogens is 160 g/mol. The normalized spacial score (nSPS) is 8.00. The lowest BCUT2D eigenvalue weighted by molar-refractivity contribution is 1.40. The first-order valence-electron chi connectivity index (χ1n) is 3.02. The van der Waals surface area contributed by atoms with E-state index in [9.17, 15) is 0 Å². The van der Waals surface area contributed by atoms with Gasteiger partial charge in [0.1, 0.15) is 0 Å². The van der Waals surface area contributed by atoms with Crippen LogP contribution in [0.3, 0.4) is 0 Å². The quantitative estimate of drug-likeness (QED) is 0.436. The number of aryl methyl sites for hydroxylation is 2. The zero-order valence-corrected chi connectivity index (χ0v) is 7.99. The Hall–Kier alpha value is -0.0800. The van der Waals surface area contributed by atoms with Crippen molar-refractivity contribution in [2.45, 2.75) is 13.8 Å². The van der Waals surface area contributed by atoms with E-state index >= 15 is 0 Å². The summed E-state index contributed by atoms with van der Waals surface area (Å²) in [5.41, 5.74) is 2.66. The summed E-state index contributed by atoms with van der Waals surface area (Å²) >= 11 is 6.44. The van der Waals surface area contributed by atoms with Gasteiger partial charge in [-0.15, -0.1) is 23.3 Å². The van der Waals surface area contributed by atoms with Gasteiger partial charge in [-0.2, -0.15) is 0 Å². The Kier molecular flexibility index (Phi) is 5.64. The van der Waals surface area contributed by atoms with Gasteiger partial charge >= 0.3 is 0 Å². The first-order valence-corrected chi connectivity index (χ1v) is 4.62. The summed E-state index contributed by atoms with van der Waals surface area (Å²) in [7, 11) is 0. The second kappa shape index (κ2) is 5.69. The van der Waals surface area contributed by atoms with Gasteiger partial charge in [0.15, 0.2) is 0 Å². The van der Waals surface area contributed by atoms with Crippen LogP contribution in [0, 0.1) is 13.8 Å². The van der Waals surface area contributed by atoms with Crippen molar-refractivity contribution in [3.63, 3.8) is 0 Å². The lowest BCUT2D eigenvalue weighted by Gasteiger charge is -1.90. The van der Waals surface area contributed by atoms with Crippen LogP contribution in [0.5, 0.6) is 0 Å². The summed E-state index contributed by atoms with van der Waals surface area (Å²) in [5, 5.41) is 0. The third kappa shape index (κ3) is 3.85. The molecular formula is C8H12S2. The fourth-order valence-corrected chi connectivity index (χ4v) is 0.637. The SMILES string of the molecule is Cc1ccc(C)cc1.SS. The molecule has 0 atom stereocenters. The molecule has 0 saturated heterocycles. The fraction of sp³-hybridized carbons (Fsp3) is 0.250. The molecule has 0 aliphatic heterocycles. The highest BCUT2D eigenvalue weighted by atomic mass is 33.1. The van der Waals surface area contributed by atoms with Gasteiger partial charge in [0, 0.05) is 0 Å². The lowest BCUT2D eigenvalue weighted by atomic mass is 10.2. The van der Waals surface area contributed by atoms with Gasteiger partial charge in [-0.3, -0.25) is 0 Å². The average molecular weight is 172 g/mol. The molecule has 0 aliphatic rings. The molecule has 1 aromatic carbocycles. The predicted molar refractivity (Wildman–Crippen MR) is 53.9 cm³/mol. The van der Waals surface area contributed by atoms with Gasteiger partial charge < -0.3 is 0 Å². The molecule has 1 aromatic rings. The van der Waals surface area contributed by atoms with Gasteiger partial charge in [-0.25, -0.2) is 0 Å². The van der Waals surface area contributed by atoms with E-state index in [1.54, 1.807) is 0 Å². The molecule has 0 spiro atoms. The highest BCUT2D eigenvalue weighted by Crippen LogP contribution is 1.99. The van der Waals surface area contributed by atoms with Crippen LogP contribution < -0.4 is 0 Å². The molecule has 0 fully saturated rings. The molecule has 0 saturated carbocycles. The van der Waals surface area contributed by atoms with E-state index in [1.807, 2.05) is 0 Å². The topological polar surface area (TPSA) is 0 Å².